The molecule has 0 aliphatic carbocycles. The Morgan fingerprint density at radius 3 is 2.00 bits per heavy atom. The summed E-state index contributed by atoms with van der Waals surface area (Å²) in [5.41, 5.74) is 6.50. The van der Waals surface area contributed by atoms with Gasteiger partial charge >= 0.3 is 5.76 Å². The molecule has 0 saturated carbocycles. The number of alkyl halides is 2. The van der Waals surface area contributed by atoms with E-state index in [0.29, 0.717) is 12.1 Å². The lowest BCUT2D eigenvalue weighted by molar-refractivity contribution is 0.234. The highest BCUT2D eigenvalue weighted by Crippen LogP contribution is 2.13. The smallest absolute Gasteiger partial charge is 0.326 e. The average Bonchev–Trinajstić information content (AvgIpc) is 2.18. The molecular formula is C9H11F2NO2S. The quantitative estimate of drug-likeness (QED) is 0.855. The van der Waals surface area contributed by atoms with E-state index in [1.54, 1.807) is 12.1 Å². The van der Waals surface area contributed by atoms with E-state index in [2.05, 4.69) is 0 Å². The molecule has 0 amide bonds. The van der Waals surface area contributed by atoms with Crippen LogP contribution >= 0.6 is 0 Å². The monoisotopic (exact) mass is 235 g/mol. The fraction of sp³-hybridized carbons (Fsp3) is 0.333. The van der Waals surface area contributed by atoms with Gasteiger partial charge in [-0.3, -0.25) is 0 Å². The molecule has 0 aromatic heterocycles. The van der Waals surface area contributed by atoms with E-state index >= 15 is 0 Å². The highest BCUT2D eigenvalue weighted by Gasteiger charge is 2.23. The highest BCUT2D eigenvalue weighted by atomic mass is 32.2. The van der Waals surface area contributed by atoms with E-state index in [1.165, 1.54) is 12.1 Å². The van der Waals surface area contributed by atoms with E-state index in [-0.39, 0.29) is 0 Å². The second kappa shape index (κ2) is 4.67. The van der Waals surface area contributed by atoms with Crippen LogP contribution in [0.2, 0.25) is 0 Å². The number of hydrogen-bond acceptors (Lipinski definition) is 3. The van der Waals surface area contributed by atoms with Crippen LogP contribution in [0.25, 0.3) is 0 Å². The van der Waals surface area contributed by atoms with Crippen LogP contribution in [0.5, 0.6) is 0 Å². The van der Waals surface area contributed by atoms with Gasteiger partial charge in [0.15, 0.2) is 0 Å². The number of benzene rings is 1. The van der Waals surface area contributed by atoms with Crippen LogP contribution in [0.3, 0.4) is 0 Å². The molecule has 0 heterocycles. The van der Waals surface area contributed by atoms with E-state index < -0.39 is 21.3 Å². The Balaban J connectivity index is 2.82. The second-order valence-electron chi connectivity index (χ2n) is 3.09. The summed E-state index contributed by atoms with van der Waals surface area (Å²) in [6, 6.07) is 6.22. The first-order chi connectivity index (χ1) is 6.95. The first kappa shape index (κ1) is 12.1. The van der Waals surface area contributed by atoms with Gasteiger partial charge in [0.2, 0.25) is 9.84 Å². The molecule has 0 aliphatic rings. The Kier molecular flexibility index (Phi) is 3.76. The fourth-order valence-electron chi connectivity index (χ4n) is 1.07. The lowest BCUT2D eigenvalue weighted by Gasteiger charge is -2.03. The molecule has 0 radical (unpaired) electrons. The first-order valence-corrected chi connectivity index (χ1v) is 5.95. The number of rotatable bonds is 4. The molecule has 1 rings (SSSR count). The molecule has 1 aromatic carbocycles. The SMILES string of the molecule is NCc1ccc(CS(=O)(=O)C(F)F)cc1. The third kappa shape index (κ3) is 3.24. The Hall–Kier alpha value is -1.01. The van der Waals surface area contributed by atoms with Gasteiger partial charge in [0.05, 0.1) is 5.75 Å². The van der Waals surface area contributed by atoms with Crippen LogP contribution in [0.15, 0.2) is 24.3 Å². The van der Waals surface area contributed by atoms with E-state index in [4.69, 9.17) is 5.73 Å². The Bertz CT molecular complexity index is 414. The summed E-state index contributed by atoms with van der Waals surface area (Å²) in [5.74, 6) is -3.97. The van der Waals surface area contributed by atoms with Crippen molar-refractivity contribution in [2.75, 3.05) is 0 Å². The number of hydrogen-bond donors (Lipinski definition) is 1. The lowest BCUT2D eigenvalue weighted by Crippen LogP contribution is -2.13. The van der Waals surface area contributed by atoms with Crippen molar-refractivity contribution < 1.29 is 17.2 Å². The molecule has 6 heteroatoms. The molecule has 0 bridgehead atoms. The summed E-state index contributed by atoms with van der Waals surface area (Å²) in [6.07, 6.45) is 0. The van der Waals surface area contributed by atoms with E-state index in [0.717, 1.165) is 5.56 Å². The van der Waals surface area contributed by atoms with Crippen molar-refractivity contribution in [1.82, 2.24) is 0 Å². The van der Waals surface area contributed by atoms with Crippen molar-refractivity contribution >= 4 is 9.84 Å². The summed E-state index contributed by atoms with van der Waals surface area (Å²) >= 11 is 0. The summed E-state index contributed by atoms with van der Waals surface area (Å²) in [7, 11) is -4.34. The Morgan fingerprint density at radius 2 is 1.60 bits per heavy atom. The molecule has 0 spiro atoms. The second-order valence-corrected chi connectivity index (χ2v) is 5.06. The standard InChI is InChI=1S/C9H11F2NO2S/c10-9(11)15(13,14)6-8-3-1-7(5-12)2-4-8/h1-4,9H,5-6,12H2. The van der Waals surface area contributed by atoms with Gasteiger partial charge in [0.25, 0.3) is 0 Å². The maximum atomic E-state index is 12.0. The topological polar surface area (TPSA) is 60.2 Å². The zero-order chi connectivity index (χ0) is 11.5. The van der Waals surface area contributed by atoms with Gasteiger partial charge in [-0.15, -0.1) is 0 Å². The minimum Gasteiger partial charge on any atom is -0.326 e. The molecule has 2 N–H and O–H groups in total. The predicted octanol–water partition coefficient (Wildman–Crippen LogP) is 1.28. The first-order valence-electron chi connectivity index (χ1n) is 4.23. The van der Waals surface area contributed by atoms with Crippen LogP contribution in [0.4, 0.5) is 8.78 Å². The molecule has 3 nitrogen and oxygen atoms in total. The lowest BCUT2D eigenvalue weighted by atomic mass is 10.1. The number of nitrogens with two attached hydrogens (primary N) is 1. The van der Waals surface area contributed by atoms with E-state index in [9.17, 15) is 17.2 Å². The van der Waals surface area contributed by atoms with Crippen molar-refractivity contribution in [2.45, 2.75) is 18.1 Å². The van der Waals surface area contributed by atoms with Gasteiger partial charge < -0.3 is 5.73 Å². The molecule has 84 valence electrons. The normalized spacial score (nSPS) is 12.0. The van der Waals surface area contributed by atoms with Gasteiger partial charge in [-0.05, 0) is 11.1 Å². The summed E-state index contributed by atoms with van der Waals surface area (Å²) in [4.78, 5) is 0. The number of sulfone groups is 1. The van der Waals surface area contributed by atoms with E-state index in [1.807, 2.05) is 0 Å². The largest absolute Gasteiger partial charge is 0.337 e. The molecule has 0 saturated heterocycles. The molecule has 0 unspecified atom stereocenters. The van der Waals surface area contributed by atoms with Crippen LogP contribution in [-0.4, -0.2) is 14.2 Å². The Labute approximate surface area is 86.8 Å². The molecule has 0 atom stereocenters. The molecule has 0 aliphatic heterocycles. The van der Waals surface area contributed by atoms with Crippen LogP contribution in [0.1, 0.15) is 11.1 Å². The zero-order valence-electron chi connectivity index (χ0n) is 7.86. The van der Waals surface area contributed by atoms with Crippen LogP contribution in [-0.2, 0) is 22.1 Å². The average molecular weight is 235 g/mol. The third-order valence-electron chi connectivity index (χ3n) is 1.90. The Morgan fingerprint density at radius 1 is 1.13 bits per heavy atom. The minimum absolute atomic E-state index is 0.335. The van der Waals surface area contributed by atoms with Crippen LogP contribution < -0.4 is 5.73 Å². The van der Waals surface area contributed by atoms with Crippen molar-refractivity contribution in [1.29, 1.82) is 0 Å². The van der Waals surface area contributed by atoms with Crippen molar-refractivity contribution in [3.05, 3.63) is 35.4 Å². The molecular weight excluding hydrogens is 224 g/mol. The van der Waals surface area contributed by atoms with Gasteiger partial charge in [-0.25, -0.2) is 8.42 Å². The van der Waals surface area contributed by atoms with Crippen molar-refractivity contribution in [2.24, 2.45) is 5.73 Å². The summed E-state index contributed by atoms with van der Waals surface area (Å²) in [5, 5.41) is 0. The predicted molar refractivity (Wildman–Crippen MR) is 53.0 cm³/mol. The van der Waals surface area contributed by atoms with Gasteiger partial charge in [0.1, 0.15) is 0 Å². The highest BCUT2D eigenvalue weighted by molar-refractivity contribution is 7.90. The molecule has 0 fully saturated rings. The van der Waals surface area contributed by atoms with Crippen LogP contribution in [0, 0.1) is 0 Å². The molecule has 15 heavy (non-hydrogen) atoms. The third-order valence-corrected chi connectivity index (χ3v) is 3.18. The number of halogens is 2. The van der Waals surface area contributed by atoms with Crippen molar-refractivity contribution in [3.8, 4) is 0 Å². The summed E-state index contributed by atoms with van der Waals surface area (Å²) < 4.78 is 45.8. The molecule has 1 aromatic rings. The maximum Gasteiger partial charge on any atom is 0.337 e. The van der Waals surface area contributed by atoms with Crippen molar-refractivity contribution in [3.63, 3.8) is 0 Å². The zero-order valence-corrected chi connectivity index (χ0v) is 8.68. The van der Waals surface area contributed by atoms with Gasteiger partial charge in [-0.1, -0.05) is 24.3 Å². The van der Waals surface area contributed by atoms with Gasteiger partial charge in [-0.2, -0.15) is 8.78 Å². The maximum absolute atomic E-state index is 12.0. The summed E-state index contributed by atoms with van der Waals surface area (Å²) in [6.45, 7) is 0.335. The van der Waals surface area contributed by atoms with Gasteiger partial charge in [0, 0.05) is 6.54 Å². The minimum atomic E-state index is -4.34. The fourth-order valence-corrected chi connectivity index (χ4v) is 1.85.